The van der Waals surface area contributed by atoms with Crippen LogP contribution in [0.1, 0.15) is 54.0 Å². The number of nitrogens with one attached hydrogen (secondary N) is 2. The smallest absolute Gasteiger partial charge is 0.338 e. The second-order valence-corrected chi connectivity index (χ2v) is 7.21. The summed E-state index contributed by atoms with van der Waals surface area (Å²) in [6, 6.07) is 10.2. The highest BCUT2D eigenvalue weighted by Gasteiger charge is 2.15. The molecule has 0 aliphatic heterocycles. The van der Waals surface area contributed by atoms with E-state index in [-0.39, 0.29) is 35.9 Å². The fraction of sp³-hybridized carbons (Fsp3) is 0.333. The van der Waals surface area contributed by atoms with Crippen LogP contribution in [0.5, 0.6) is 0 Å². The van der Waals surface area contributed by atoms with Crippen molar-refractivity contribution in [1.29, 1.82) is 0 Å². The highest BCUT2D eigenvalue weighted by atomic mass is 16.5. The lowest BCUT2D eigenvalue weighted by Crippen LogP contribution is -2.33. The summed E-state index contributed by atoms with van der Waals surface area (Å²) in [6.45, 7) is 8.03. The van der Waals surface area contributed by atoms with Crippen molar-refractivity contribution in [3.63, 3.8) is 0 Å². The zero-order valence-electron chi connectivity index (χ0n) is 16.5. The molecule has 2 N–H and O–H groups in total. The van der Waals surface area contributed by atoms with Gasteiger partial charge in [-0.3, -0.25) is 9.59 Å². The first kappa shape index (κ1) is 21.1. The number of carbonyl (C=O) groups is 3. The van der Waals surface area contributed by atoms with E-state index in [0.29, 0.717) is 5.56 Å². The number of anilines is 1. The van der Waals surface area contributed by atoms with Crippen LogP contribution in [-0.4, -0.2) is 35.9 Å². The van der Waals surface area contributed by atoms with Gasteiger partial charge in [-0.1, -0.05) is 32.9 Å². The molecule has 0 bridgehead atoms. The average molecular weight is 383 g/mol. The maximum absolute atomic E-state index is 12.2. The Morgan fingerprint density at radius 3 is 2.32 bits per heavy atom. The van der Waals surface area contributed by atoms with Gasteiger partial charge in [0, 0.05) is 11.8 Å². The van der Waals surface area contributed by atoms with Crippen LogP contribution in [0.4, 0.5) is 5.82 Å². The second-order valence-electron chi connectivity index (χ2n) is 7.21. The number of pyridine rings is 1. The topological polar surface area (TPSA) is 97.4 Å². The fourth-order valence-corrected chi connectivity index (χ4v) is 2.41. The summed E-state index contributed by atoms with van der Waals surface area (Å²) in [5.74, 6) is -1.08. The van der Waals surface area contributed by atoms with Crippen molar-refractivity contribution >= 4 is 23.6 Å². The predicted octanol–water partition coefficient (Wildman–Crippen LogP) is 2.92. The molecule has 0 spiro atoms. The van der Waals surface area contributed by atoms with Crippen molar-refractivity contribution in [2.75, 3.05) is 18.5 Å². The summed E-state index contributed by atoms with van der Waals surface area (Å²) in [5, 5.41) is 5.11. The standard InChI is InChI=1S/C21H25N3O4/c1-5-28-20(27)15-10-11-22-17(12-15)24-18(25)13-23-19(26)14-6-8-16(9-7-14)21(2,3)4/h6-12H,5,13H2,1-4H3,(H,23,26)(H,22,24,25). The van der Waals surface area contributed by atoms with E-state index < -0.39 is 11.9 Å². The zero-order chi connectivity index (χ0) is 20.7. The summed E-state index contributed by atoms with van der Waals surface area (Å²) in [5.41, 5.74) is 1.88. The van der Waals surface area contributed by atoms with Gasteiger partial charge in [-0.2, -0.15) is 0 Å². The molecule has 2 amide bonds. The molecule has 0 atom stereocenters. The van der Waals surface area contributed by atoms with Crippen LogP contribution in [0.15, 0.2) is 42.6 Å². The third-order valence-electron chi connectivity index (χ3n) is 3.96. The quantitative estimate of drug-likeness (QED) is 0.748. The lowest BCUT2D eigenvalue weighted by Gasteiger charge is -2.19. The number of benzene rings is 1. The molecule has 0 fully saturated rings. The molecule has 2 aromatic rings. The Labute approximate surface area is 164 Å². The molecule has 0 saturated heterocycles. The van der Waals surface area contributed by atoms with Crippen molar-refractivity contribution in [2.45, 2.75) is 33.1 Å². The molecule has 7 nitrogen and oxygen atoms in total. The Morgan fingerprint density at radius 2 is 1.71 bits per heavy atom. The molecular weight excluding hydrogens is 358 g/mol. The molecule has 148 valence electrons. The molecule has 0 saturated carbocycles. The predicted molar refractivity (Wildman–Crippen MR) is 106 cm³/mol. The van der Waals surface area contributed by atoms with Crippen molar-refractivity contribution in [1.82, 2.24) is 10.3 Å². The van der Waals surface area contributed by atoms with Crippen molar-refractivity contribution < 1.29 is 19.1 Å². The molecule has 7 heteroatoms. The van der Waals surface area contributed by atoms with Crippen LogP contribution in [-0.2, 0) is 14.9 Å². The largest absolute Gasteiger partial charge is 0.462 e. The SMILES string of the molecule is CCOC(=O)c1ccnc(NC(=O)CNC(=O)c2ccc(C(C)(C)C)cc2)c1. The van der Waals surface area contributed by atoms with E-state index in [2.05, 4.69) is 36.4 Å². The third-order valence-corrected chi connectivity index (χ3v) is 3.96. The van der Waals surface area contributed by atoms with Gasteiger partial charge in [-0.25, -0.2) is 9.78 Å². The fourth-order valence-electron chi connectivity index (χ4n) is 2.41. The zero-order valence-corrected chi connectivity index (χ0v) is 16.5. The van der Waals surface area contributed by atoms with Gasteiger partial charge in [0.05, 0.1) is 18.7 Å². The number of hydrogen-bond acceptors (Lipinski definition) is 5. The van der Waals surface area contributed by atoms with Crippen LogP contribution in [0, 0.1) is 0 Å². The number of ether oxygens (including phenoxy) is 1. The molecule has 0 radical (unpaired) electrons. The Kier molecular flexibility index (Phi) is 6.87. The Balaban J connectivity index is 1.91. The first-order valence-electron chi connectivity index (χ1n) is 9.02. The summed E-state index contributed by atoms with van der Waals surface area (Å²) in [7, 11) is 0. The van der Waals surface area contributed by atoms with E-state index in [0.717, 1.165) is 5.56 Å². The van der Waals surface area contributed by atoms with E-state index in [4.69, 9.17) is 4.74 Å². The maximum Gasteiger partial charge on any atom is 0.338 e. The molecule has 1 heterocycles. The number of amides is 2. The minimum Gasteiger partial charge on any atom is -0.462 e. The van der Waals surface area contributed by atoms with E-state index in [1.165, 1.54) is 18.3 Å². The minimum atomic E-state index is -0.493. The normalized spacial score (nSPS) is 10.9. The van der Waals surface area contributed by atoms with Gasteiger partial charge in [0.1, 0.15) is 5.82 Å². The average Bonchev–Trinajstić information content (AvgIpc) is 2.66. The first-order chi connectivity index (χ1) is 13.2. The Morgan fingerprint density at radius 1 is 1.04 bits per heavy atom. The number of nitrogens with zero attached hydrogens (tertiary/aromatic N) is 1. The first-order valence-corrected chi connectivity index (χ1v) is 9.02. The van der Waals surface area contributed by atoms with Gasteiger partial charge in [-0.15, -0.1) is 0 Å². The highest BCUT2D eigenvalue weighted by molar-refractivity contribution is 5.99. The summed E-state index contributed by atoms with van der Waals surface area (Å²) >= 11 is 0. The maximum atomic E-state index is 12.2. The molecular formula is C21H25N3O4. The van der Waals surface area contributed by atoms with Crippen LogP contribution in [0.25, 0.3) is 0 Å². The monoisotopic (exact) mass is 383 g/mol. The number of esters is 1. The molecule has 28 heavy (non-hydrogen) atoms. The number of rotatable bonds is 6. The lowest BCUT2D eigenvalue weighted by atomic mass is 9.87. The van der Waals surface area contributed by atoms with Crippen molar-refractivity contribution in [3.8, 4) is 0 Å². The van der Waals surface area contributed by atoms with Crippen molar-refractivity contribution in [3.05, 3.63) is 59.3 Å². The van der Waals surface area contributed by atoms with Crippen LogP contribution < -0.4 is 10.6 Å². The number of hydrogen-bond donors (Lipinski definition) is 2. The minimum absolute atomic E-state index is 0.0000191. The van der Waals surface area contributed by atoms with E-state index >= 15 is 0 Å². The summed E-state index contributed by atoms with van der Waals surface area (Å²) in [6.07, 6.45) is 1.40. The lowest BCUT2D eigenvalue weighted by molar-refractivity contribution is -0.115. The molecule has 0 unspecified atom stereocenters. The van der Waals surface area contributed by atoms with Gasteiger partial charge in [0.15, 0.2) is 0 Å². The second kappa shape index (κ2) is 9.12. The summed E-state index contributed by atoms with van der Waals surface area (Å²) < 4.78 is 4.91. The molecule has 0 aliphatic rings. The van der Waals surface area contributed by atoms with Gasteiger partial charge >= 0.3 is 5.97 Å². The van der Waals surface area contributed by atoms with E-state index in [1.807, 2.05) is 12.1 Å². The van der Waals surface area contributed by atoms with Crippen LogP contribution in [0.3, 0.4) is 0 Å². The van der Waals surface area contributed by atoms with Gasteiger partial charge in [0.25, 0.3) is 5.91 Å². The van der Waals surface area contributed by atoms with Crippen LogP contribution in [0.2, 0.25) is 0 Å². The Hall–Kier alpha value is -3.22. The van der Waals surface area contributed by atoms with Crippen LogP contribution >= 0.6 is 0 Å². The Bertz CT molecular complexity index is 855. The third kappa shape index (κ3) is 5.90. The van der Waals surface area contributed by atoms with E-state index in [1.54, 1.807) is 19.1 Å². The van der Waals surface area contributed by atoms with Gasteiger partial charge < -0.3 is 15.4 Å². The van der Waals surface area contributed by atoms with Crippen molar-refractivity contribution in [2.24, 2.45) is 0 Å². The molecule has 1 aromatic carbocycles. The molecule has 0 aliphatic carbocycles. The number of carbonyl (C=O) groups excluding carboxylic acids is 3. The van der Waals surface area contributed by atoms with Gasteiger partial charge in [-0.05, 0) is 42.2 Å². The summed E-state index contributed by atoms with van der Waals surface area (Å²) in [4.78, 5) is 40.0. The van der Waals surface area contributed by atoms with Gasteiger partial charge in [0.2, 0.25) is 5.91 Å². The number of aromatic nitrogens is 1. The molecule has 1 aromatic heterocycles. The molecule has 2 rings (SSSR count). The van der Waals surface area contributed by atoms with E-state index in [9.17, 15) is 14.4 Å². The highest BCUT2D eigenvalue weighted by Crippen LogP contribution is 2.22.